The Balaban J connectivity index is 0.992. The predicted octanol–water partition coefficient (Wildman–Crippen LogP) is 13.9. The maximum Gasteiger partial charge on any atom is 0.160 e. The molecule has 10 aromatic rings. The second-order valence-corrected chi connectivity index (χ2v) is 15.9. The topological polar surface area (TPSA) is 38.9 Å². The Morgan fingerprint density at radius 2 is 0.965 bits per heavy atom. The standard InChI is InChI=1S/C53H32N2OS/c1-2-13-35(14-3-1)52-54-46(32-47(55-52)36-29-30-41-40-17-6-10-23-48(40)56-49(41)31-36)34-27-25-33(26-28-34)37-18-12-22-45-51(37)57-50-24-11-9-21-44(50)53(45)42-19-7-4-15-38(42)39-16-5-8-20-43(39)53/h1-32H. The lowest BCUT2D eigenvalue weighted by Gasteiger charge is -2.40. The zero-order valence-corrected chi connectivity index (χ0v) is 31.5. The van der Waals surface area contributed by atoms with Gasteiger partial charge in [0.25, 0.3) is 0 Å². The molecular formula is C53H32N2OS. The number of aromatic nitrogens is 2. The van der Waals surface area contributed by atoms with Gasteiger partial charge in [0, 0.05) is 37.3 Å². The summed E-state index contributed by atoms with van der Waals surface area (Å²) in [5.74, 6) is 0.687. The monoisotopic (exact) mass is 744 g/mol. The molecule has 0 saturated carbocycles. The van der Waals surface area contributed by atoms with Crippen LogP contribution in [0.4, 0.5) is 0 Å². The van der Waals surface area contributed by atoms with E-state index in [1.54, 1.807) is 0 Å². The van der Waals surface area contributed by atoms with Gasteiger partial charge in [-0.25, -0.2) is 9.97 Å². The van der Waals surface area contributed by atoms with Crippen LogP contribution in [-0.2, 0) is 5.41 Å². The van der Waals surface area contributed by atoms with Crippen LogP contribution in [-0.4, -0.2) is 9.97 Å². The Kier molecular flexibility index (Phi) is 7.08. The molecule has 0 atom stereocenters. The molecule has 1 aliphatic carbocycles. The third kappa shape index (κ3) is 4.81. The molecule has 0 radical (unpaired) electrons. The molecule has 0 amide bonds. The molecule has 3 heterocycles. The van der Waals surface area contributed by atoms with E-state index < -0.39 is 5.41 Å². The van der Waals surface area contributed by atoms with E-state index in [2.05, 4.69) is 158 Å². The molecule has 0 unspecified atom stereocenters. The number of para-hydroxylation sites is 1. The number of fused-ring (bicyclic) bond motifs is 12. The lowest BCUT2D eigenvalue weighted by Crippen LogP contribution is -2.32. The van der Waals surface area contributed by atoms with Gasteiger partial charge in [-0.1, -0.05) is 176 Å². The van der Waals surface area contributed by atoms with Crippen molar-refractivity contribution in [2.75, 3.05) is 0 Å². The molecule has 0 bridgehead atoms. The molecule has 8 aromatic carbocycles. The summed E-state index contributed by atoms with van der Waals surface area (Å²) in [6.07, 6.45) is 0. The Morgan fingerprint density at radius 3 is 1.75 bits per heavy atom. The molecule has 0 N–H and O–H groups in total. The molecule has 12 rings (SSSR count). The maximum absolute atomic E-state index is 6.28. The van der Waals surface area contributed by atoms with E-state index in [1.165, 1.54) is 54.3 Å². The van der Waals surface area contributed by atoms with E-state index >= 15 is 0 Å². The van der Waals surface area contributed by atoms with Gasteiger partial charge >= 0.3 is 0 Å². The minimum Gasteiger partial charge on any atom is -0.456 e. The van der Waals surface area contributed by atoms with Crippen LogP contribution in [0.5, 0.6) is 0 Å². The highest BCUT2D eigenvalue weighted by molar-refractivity contribution is 7.99. The van der Waals surface area contributed by atoms with Gasteiger partial charge in [0.2, 0.25) is 0 Å². The third-order valence-electron chi connectivity index (χ3n) is 11.8. The van der Waals surface area contributed by atoms with Gasteiger partial charge in [0.15, 0.2) is 5.82 Å². The van der Waals surface area contributed by atoms with Crippen LogP contribution in [0.3, 0.4) is 0 Å². The fraction of sp³-hybridized carbons (Fsp3) is 0.0189. The Labute approximate surface area is 334 Å². The van der Waals surface area contributed by atoms with Crippen molar-refractivity contribution in [3.63, 3.8) is 0 Å². The summed E-state index contributed by atoms with van der Waals surface area (Å²) in [5, 5.41) is 2.21. The molecule has 1 spiro atoms. The van der Waals surface area contributed by atoms with Gasteiger partial charge in [-0.3, -0.25) is 0 Å². The van der Waals surface area contributed by atoms with Gasteiger partial charge in [-0.2, -0.15) is 0 Å². The summed E-state index contributed by atoms with van der Waals surface area (Å²) < 4.78 is 6.28. The number of benzene rings is 8. The summed E-state index contributed by atoms with van der Waals surface area (Å²) in [6, 6.07) is 69.6. The number of furan rings is 1. The highest BCUT2D eigenvalue weighted by Gasteiger charge is 2.50. The smallest absolute Gasteiger partial charge is 0.160 e. The van der Waals surface area contributed by atoms with Crippen molar-refractivity contribution in [2.45, 2.75) is 15.2 Å². The van der Waals surface area contributed by atoms with Crippen molar-refractivity contribution < 1.29 is 4.42 Å². The highest BCUT2D eigenvalue weighted by atomic mass is 32.2. The van der Waals surface area contributed by atoms with Crippen molar-refractivity contribution >= 4 is 33.7 Å². The molecule has 4 heteroatoms. The summed E-state index contributed by atoms with van der Waals surface area (Å²) in [6.45, 7) is 0. The molecule has 266 valence electrons. The SMILES string of the molecule is c1ccc(-c2nc(-c3ccc(-c4cccc5c4Sc4ccccc4C54c5ccccc5-c5ccccc54)cc3)cc(-c3ccc4c(c3)oc3ccccc34)n2)cc1. The maximum atomic E-state index is 6.28. The summed E-state index contributed by atoms with van der Waals surface area (Å²) in [4.78, 5) is 12.8. The first-order valence-corrected chi connectivity index (χ1v) is 20.1. The first-order valence-electron chi connectivity index (χ1n) is 19.3. The van der Waals surface area contributed by atoms with Crippen LogP contribution in [0, 0.1) is 0 Å². The van der Waals surface area contributed by atoms with Crippen molar-refractivity contribution in [3.8, 4) is 56.2 Å². The predicted molar refractivity (Wildman–Crippen MR) is 232 cm³/mol. The summed E-state index contributed by atoms with van der Waals surface area (Å²) in [5.41, 5.74) is 16.4. The van der Waals surface area contributed by atoms with Crippen LogP contribution in [0.25, 0.3) is 78.1 Å². The van der Waals surface area contributed by atoms with Gasteiger partial charge < -0.3 is 4.42 Å². The number of hydrogen-bond acceptors (Lipinski definition) is 4. The Morgan fingerprint density at radius 1 is 0.386 bits per heavy atom. The minimum atomic E-state index is -0.406. The zero-order chi connectivity index (χ0) is 37.5. The number of hydrogen-bond donors (Lipinski definition) is 0. The molecular weight excluding hydrogens is 713 g/mol. The molecule has 57 heavy (non-hydrogen) atoms. The first kappa shape index (κ1) is 32.3. The van der Waals surface area contributed by atoms with Gasteiger partial charge in [0.1, 0.15) is 11.2 Å². The van der Waals surface area contributed by atoms with Crippen molar-refractivity contribution in [1.82, 2.24) is 9.97 Å². The molecule has 2 aliphatic rings. The van der Waals surface area contributed by atoms with Crippen LogP contribution >= 0.6 is 11.8 Å². The van der Waals surface area contributed by atoms with Crippen LogP contribution in [0.15, 0.2) is 208 Å². The molecule has 3 nitrogen and oxygen atoms in total. The van der Waals surface area contributed by atoms with Crippen molar-refractivity contribution in [1.29, 1.82) is 0 Å². The first-order chi connectivity index (χ1) is 28.2. The van der Waals surface area contributed by atoms with E-state index in [0.717, 1.165) is 50.0 Å². The Bertz CT molecular complexity index is 3170. The Hall–Kier alpha value is -7.01. The van der Waals surface area contributed by atoms with Crippen molar-refractivity contribution in [3.05, 3.63) is 216 Å². The zero-order valence-electron chi connectivity index (χ0n) is 30.7. The third-order valence-corrected chi connectivity index (χ3v) is 13.0. The minimum absolute atomic E-state index is 0.406. The van der Waals surface area contributed by atoms with E-state index in [0.29, 0.717) is 5.82 Å². The van der Waals surface area contributed by atoms with Crippen molar-refractivity contribution in [2.24, 2.45) is 0 Å². The van der Waals surface area contributed by atoms with E-state index in [9.17, 15) is 0 Å². The lowest BCUT2D eigenvalue weighted by molar-refractivity contribution is 0.669. The average Bonchev–Trinajstić information content (AvgIpc) is 3.80. The van der Waals surface area contributed by atoms with Crippen LogP contribution in [0.2, 0.25) is 0 Å². The quantitative estimate of drug-likeness (QED) is 0.180. The van der Waals surface area contributed by atoms with Gasteiger partial charge in [-0.15, -0.1) is 0 Å². The van der Waals surface area contributed by atoms with E-state index in [1.807, 2.05) is 48.2 Å². The fourth-order valence-corrected chi connectivity index (χ4v) is 10.6. The number of rotatable bonds is 4. The van der Waals surface area contributed by atoms with E-state index in [4.69, 9.17) is 14.4 Å². The molecule has 0 saturated heterocycles. The molecule has 0 fully saturated rings. The van der Waals surface area contributed by atoms with Gasteiger partial charge in [-0.05, 0) is 74.8 Å². The number of nitrogens with zero attached hydrogens (tertiary/aromatic N) is 2. The largest absolute Gasteiger partial charge is 0.456 e. The second-order valence-electron chi connectivity index (χ2n) is 14.8. The highest BCUT2D eigenvalue weighted by Crippen LogP contribution is 2.63. The van der Waals surface area contributed by atoms with E-state index in [-0.39, 0.29) is 0 Å². The average molecular weight is 745 g/mol. The lowest BCUT2D eigenvalue weighted by atomic mass is 9.67. The second kappa shape index (κ2) is 12.5. The summed E-state index contributed by atoms with van der Waals surface area (Å²) >= 11 is 1.89. The summed E-state index contributed by atoms with van der Waals surface area (Å²) in [7, 11) is 0. The van der Waals surface area contributed by atoms with Crippen LogP contribution < -0.4 is 0 Å². The molecule has 2 aromatic heterocycles. The molecule has 1 aliphatic heterocycles. The fourth-order valence-electron chi connectivity index (χ4n) is 9.27. The van der Waals surface area contributed by atoms with Gasteiger partial charge in [0.05, 0.1) is 16.8 Å². The van der Waals surface area contributed by atoms with Crippen LogP contribution in [0.1, 0.15) is 22.3 Å². The normalized spacial score (nSPS) is 13.3.